The number of nitrogens with zero attached hydrogens (tertiary/aromatic N) is 2. The number of amides is 2. The first-order chi connectivity index (χ1) is 16.5. The first-order valence-electron chi connectivity index (χ1n) is 10.9. The molecule has 1 fully saturated rings. The number of urea groups is 1. The molecule has 2 amide bonds. The number of anilines is 1. The quantitative estimate of drug-likeness (QED) is 0.338. The van der Waals surface area contributed by atoms with E-state index >= 15 is 0 Å². The van der Waals surface area contributed by atoms with E-state index in [0.717, 1.165) is 32.6 Å². The van der Waals surface area contributed by atoms with Crippen molar-refractivity contribution >= 4 is 27.6 Å². The fourth-order valence-electron chi connectivity index (χ4n) is 3.91. The Hall–Kier alpha value is -3.45. The second kappa shape index (κ2) is 10.7. The van der Waals surface area contributed by atoms with Crippen LogP contribution in [0, 0.1) is 0 Å². The molecular formula is C27H27BrN2O4. The molecule has 3 aromatic carbocycles. The molecule has 0 bridgehead atoms. The molecule has 0 saturated carbocycles. The molecule has 176 valence electrons. The predicted molar refractivity (Wildman–Crippen MR) is 137 cm³/mol. The largest absolute Gasteiger partial charge is 0.496 e. The highest BCUT2D eigenvalue weighted by molar-refractivity contribution is 9.10. The van der Waals surface area contributed by atoms with E-state index in [4.69, 9.17) is 14.2 Å². The molecule has 34 heavy (non-hydrogen) atoms. The summed E-state index contributed by atoms with van der Waals surface area (Å²) in [6.45, 7) is 5.92. The molecule has 1 saturated heterocycles. The minimum absolute atomic E-state index is 0.100. The summed E-state index contributed by atoms with van der Waals surface area (Å²) in [6.07, 6.45) is 0. The number of carbonyl (C=O) groups excluding carboxylic acids is 1. The maximum absolute atomic E-state index is 13.5. The Bertz CT molecular complexity index is 1180. The number of methoxy groups -OCH3 is 2. The molecule has 1 heterocycles. The third-order valence-corrected chi connectivity index (χ3v) is 6.10. The third-order valence-electron chi connectivity index (χ3n) is 5.60. The van der Waals surface area contributed by atoms with Crippen molar-refractivity contribution in [3.8, 4) is 17.2 Å². The molecule has 0 radical (unpaired) electrons. The number of hydrogen-bond acceptors (Lipinski definition) is 4. The van der Waals surface area contributed by atoms with Crippen molar-refractivity contribution in [3.63, 3.8) is 0 Å². The number of carbonyl (C=O) groups is 1. The topological polar surface area (TPSA) is 51.2 Å². The van der Waals surface area contributed by atoms with Gasteiger partial charge in [0.15, 0.2) is 11.5 Å². The second-order valence-electron chi connectivity index (χ2n) is 8.04. The first kappa shape index (κ1) is 23.7. The predicted octanol–water partition coefficient (Wildman–Crippen LogP) is 6.04. The number of halogens is 1. The van der Waals surface area contributed by atoms with E-state index < -0.39 is 0 Å². The summed E-state index contributed by atoms with van der Waals surface area (Å²) in [5.74, 6) is 1.92. The molecule has 1 aliphatic rings. The zero-order valence-electron chi connectivity index (χ0n) is 19.3. The molecule has 0 spiro atoms. The summed E-state index contributed by atoms with van der Waals surface area (Å²) >= 11 is 3.46. The summed E-state index contributed by atoms with van der Waals surface area (Å²) in [5, 5.41) is 0. The van der Waals surface area contributed by atoms with E-state index in [0.29, 0.717) is 37.7 Å². The van der Waals surface area contributed by atoms with Gasteiger partial charge in [-0.2, -0.15) is 0 Å². The van der Waals surface area contributed by atoms with Crippen molar-refractivity contribution in [2.75, 3.05) is 32.2 Å². The molecule has 0 atom stereocenters. The molecular weight excluding hydrogens is 496 g/mol. The van der Waals surface area contributed by atoms with E-state index in [1.165, 1.54) is 0 Å². The molecule has 0 N–H and O–H groups in total. The Labute approximate surface area is 208 Å². The van der Waals surface area contributed by atoms with Crippen LogP contribution in [0.4, 0.5) is 10.5 Å². The van der Waals surface area contributed by atoms with Crippen LogP contribution in [-0.4, -0.2) is 38.2 Å². The Kier molecular flexibility index (Phi) is 7.43. The van der Waals surface area contributed by atoms with Gasteiger partial charge in [-0.05, 0) is 35.4 Å². The number of rotatable bonds is 8. The van der Waals surface area contributed by atoms with Gasteiger partial charge in [-0.1, -0.05) is 58.9 Å². The van der Waals surface area contributed by atoms with Gasteiger partial charge in [0.25, 0.3) is 0 Å². The lowest BCUT2D eigenvalue weighted by Gasteiger charge is -2.37. The van der Waals surface area contributed by atoms with Crippen LogP contribution in [0.25, 0.3) is 0 Å². The lowest BCUT2D eigenvalue weighted by molar-refractivity contribution is 0.201. The van der Waals surface area contributed by atoms with Gasteiger partial charge in [0, 0.05) is 28.3 Å². The SMILES string of the molecule is C=C1CN(Cc2ccc(Br)cc2OC)C(=O)N(c2ccc(OC)c(OCc3ccccc3)c2)C1. The van der Waals surface area contributed by atoms with Crippen LogP contribution in [0.1, 0.15) is 11.1 Å². The maximum Gasteiger partial charge on any atom is 0.325 e. The van der Waals surface area contributed by atoms with E-state index in [1.807, 2.05) is 66.7 Å². The number of ether oxygens (including phenoxy) is 3. The summed E-state index contributed by atoms with van der Waals surface area (Å²) < 4.78 is 18.0. The van der Waals surface area contributed by atoms with E-state index in [1.54, 1.807) is 24.0 Å². The van der Waals surface area contributed by atoms with Gasteiger partial charge < -0.3 is 19.1 Å². The fourth-order valence-corrected chi connectivity index (χ4v) is 4.25. The number of hydrogen-bond donors (Lipinski definition) is 0. The van der Waals surface area contributed by atoms with Crippen molar-refractivity contribution in [1.29, 1.82) is 0 Å². The highest BCUT2D eigenvalue weighted by atomic mass is 79.9. The summed E-state index contributed by atoms with van der Waals surface area (Å²) in [7, 11) is 3.23. The van der Waals surface area contributed by atoms with Crippen LogP contribution in [0.15, 0.2) is 83.4 Å². The summed E-state index contributed by atoms with van der Waals surface area (Å²) in [4.78, 5) is 17.0. The average molecular weight is 523 g/mol. The van der Waals surface area contributed by atoms with Crippen molar-refractivity contribution < 1.29 is 19.0 Å². The fraction of sp³-hybridized carbons (Fsp3) is 0.222. The molecule has 0 aromatic heterocycles. The zero-order chi connectivity index (χ0) is 24.1. The third kappa shape index (κ3) is 5.37. The van der Waals surface area contributed by atoms with Crippen LogP contribution in [0.3, 0.4) is 0 Å². The maximum atomic E-state index is 13.5. The van der Waals surface area contributed by atoms with Crippen LogP contribution in [0.2, 0.25) is 0 Å². The van der Waals surface area contributed by atoms with Crippen molar-refractivity contribution in [1.82, 2.24) is 4.90 Å². The minimum Gasteiger partial charge on any atom is -0.496 e. The zero-order valence-corrected chi connectivity index (χ0v) is 20.9. The van der Waals surface area contributed by atoms with Gasteiger partial charge in [0.05, 0.1) is 27.3 Å². The highest BCUT2D eigenvalue weighted by Crippen LogP contribution is 2.34. The van der Waals surface area contributed by atoms with E-state index in [9.17, 15) is 4.79 Å². The van der Waals surface area contributed by atoms with Gasteiger partial charge >= 0.3 is 6.03 Å². The van der Waals surface area contributed by atoms with Crippen LogP contribution < -0.4 is 19.1 Å². The van der Waals surface area contributed by atoms with E-state index in [-0.39, 0.29) is 6.03 Å². The molecule has 7 heteroatoms. The highest BCUT2D eigenvalue weighted by Gasteiger charge is 2.30. The van der Waals surface area contributed by atoms with Gasteiger partial charge in [-0.3, -0.25) is 4.90 Å². The lowest BCUT2D eigenvalue weighted by atomic mass is 10.1. The summed E-state index contributed by atoms with van der Waals surface area (Å²) in [5.41, 5.74) is 3.64. The van der Waals surface area contributed by atoms with Gasteiger partial charge in [0.2, 0.25) is 0 Å². The van der Waals surface area contributed by atoms with E-state index in [2.05, 4.69) is 22.5 Å². The van der Waals surface area contributed by atoms with Gasteiger partial charge in [-0.15, -0.1) is 0 Å². The Balaban J connectivity index is 1.56. The summed E-state index contributed by atoms with van der Waals surface area (Å²) in [6, 6.07) is 21.1. The molecule has 4 rings (SSSR count). The minimum atomic E-state index is -0.100. The van der Waals surface area contributed by atoms with Crippen molar-refractivity contribution in [3.05, 3.63) is 94.5 Å². The lowest BCUT2D eigenvalue weighted by Crippen LogP contribution is -2.50. The van der Waals surface area contributed by atoms with Gasteiger partial charge in [0.1, 0.15) is 12.4 Å². The van der Waals surface area contributed by atoms with Crippen molar-refractivity contribution in [2.45, 2.75) is 13.2 Å². The normalized spacial score (nSPS) is 13.7. The molecule has 0 aliphatic carbocycles. The molecule has 3 aromatic rings. The van der Waals surface area contributed by atoms with Crippen LogP contribution in [0.5, 0.6) is 17.2 Å². The molecule has 1 aliphatic heterocycles. The standard InChI is InChI=1S/C27H27BrN2O4/c1-19-15-29(17-21-9-10-22(28)13-25(21)33-3)27(31)30(16-19)23-11-12-24(32-2)26(14-23)34-18-20-7-5-4-6-8-20/h4-14H,1,15-18H2,2-3H3. The van der Waals surface area contributed by atoms with Crippen LogP contribution in [-0.2, 0) is 13.2 Å². The Morgan fingerprint density at radius 3 is 2.41 bits per heavy atom. The Morgan fingerprint density at radius 2 is 1.68 bits per heavy atom. The first-order valence-corrected chi connectivity index (χ1v) is 11.7. The average Bonchev–Trinajstić information content (AvgIpc) is 2.86. The number of benzene rings is 3. The monoisotopic (exact) mass is 522 g/mol. The van der Waals surface area contributed by atoms with Crippen molar-refractivity contribution in [2.24, 2.45) is 0 Å². The smallest absolute Gasteiger partial charge is 0.325 e. The second-order valence-corrected chi connectivity index (χ2v) is 8.96. The molecule has 6 nitrogen and oxygen atoms in total. The van der Waals surface area contributed by atoms with Crippen LogP contribution >= 0.6 is 15.9 Å². The Morgan fingerprint density at radius 1 is 0.912 bits per heavy atom. The molecule has 0 unspecified atom stereocenters. The van der Waals surface area contributed by atoms with Gasteiger partial charge in [-0.25, -0.2) is 4.79 Å².